The zero-order chi connectivity index (χ0) is 13.1. The number of benzene rings is 1. The van der Waals surface area contributed by atoms with Crippen molar-refractivity contribution in [2.45, 2.75) is 20.4 Å². The molecule has 0 bridgehead atoms. The molecule has 2 rings (SSSR count). The number of nitrogens with one attached hydrogen (secondary N) is 1. The molecular weight excluding hydrogens is 230 g/mol. The van der Waals surface area contributed by atoms with Crippen LogP contribution in [0.1, 0.15) is 27.2 Å². The molecule has 0 saturated carbocycles. The van der Waals surface area contributed by atoms with Gasteiger partial charge in [-0.15, -0.1) is 0 Å². The Labute approximate surface area is 105 Å². The van der Waals surface area contributed by atoms with E-state index in [4.69, 9.17) is 9.52 Å². The van der Waals surface area contributed by atoms with Crippen LogP contribution in [0.25, 0.3) is 0 Å². The molecule has 0 amide bonds. The SMILES string of the molecule is Cc1ccc(NCc2cc(C(=O)O)co2)c(C)c1. The van der Waals surface area contributed by atoms with Gasteiger partial charge in [-0.2, -0.15) is 0 Å². The highest BCUT2D eigenvalue weighted by Gasteiger charge is 2.08. The van der Waals surface area contributed by atoms with Crippen LogP contribution in [0.5, 0.6) is 0 Å². The zero-order valence-electron chi connectivity index (χ0n) is 10.4. The average molecular weight is 245 g/mol. The minimum absolute atomic E-state index is 0.174. The van der Waals surface area contributed by atoms with Gasteiger partial charge in [0.2, 0.25) is 0 Å². The molecule has 4 nitrogen and oxygen atoms in total. The lowest BCUT2D eigenvalue weighted by Crippen LogP contribution is -2.00. The third-order valence-corrected chi connectivity index (χ3v) is 2.74. The van der Waals surface area contributed by atoms with Crippen molar-refractivity contribution in [2.24, 2.45) is 0 Å². The molecule has 0 fully saturated rings. The molecule has 0 aliphatic heterocycles. The van der Waals surface area contributed by atoms with Gasteiger partial charge in [0.15, 0.2) is 0 Å². The number of hydrogen-bond donors (Lipinski definition) is 2. The van der Waals surface area contributed by atoms with E-state index in [2.05, 4.69) is 11.4 Å². The highest BCUT2D eigenvalue weighted by Crippen LogP contribution is 2.17. The first-order chi connectivity index (χ1) is 8.56. The van der Waals surface area contributed by atoms with Crippen LogP contribution in [0.15, 0.2) is 34.9 Å². The fourth-order valence-electron chi connectivity index (χ4n) is 1.78. The van der Waals surface area contributed by atoms with E-state index < -0.39 is 5.97 Å². The van der Waals surface area contributed by atoms with Crippen LogP contribution in [0.2, 0.25) is 0 Å². The lowest BCUT2D eigenvalue weighted by Gasteiger charge is -2.08. The van der Waals surface area contributed by atoms with E-state index in [0.29, 0.717) is 12.3 Å². The van der Waals surface area contributed by atoms with E-state index in [-0.39, 0.29) is 5.56 Å². The molecule has 4 heteroatoms. The second kappa shape index (κ2) is 4.96. The van der Waals surface area contributed by atoms with E-state index >= 15 is 0 Å². The molecule has 0 spiro atoms. The van der Waals surface area contributed by atoms with Crippen molar-refractivity contribution in [3.8, 4) is 0 Å². The smallest absolute Gasteiger partial charge is 0.338 e. The van der Waals surface area contributed by atoms with Crippen molar-refractivity contribution >= 4 is 11.7 Å². The van der Waals surface area contributed by atoms with Gasteiger partial charge >= 0.3 is 5.97 Å². The Hall–Kier alpha value is -2.23. The molecule has 0 aliphatic carbocycles. The van der Waals surface area contributed by atoms with Crippen LogP contribution >= 0.6 is 0 Å². The summed E-state index contributed by atoms with van der Waals surface area (Å²) < 4.78 is 5.17. The molecule has 1 aromatic carbocycles. The molecular formula is C14H15NO3. The van der Waals surface area contributed by atoms with E-state index in [9.17, 15) is 4.79 Å². The molecule has 1 aromatic heterocycles. The summed E-state index contributed by atoms with van der Waals surface area (Å²) in [6.07, 6.45) is 1.25. The van der Waals surface area contributed by atoms with Crippen molar-refractivity contribution < 1.29 is 14.3 Å². The van der Waals surface area contributed by atoms with Crippen molar-refractivity contribution in [1.82, 2.24) is 0 Å². The first kappa shape index (κ1) is 12.2. The average Bonchev–Trinajstić information content (AvgIpc) is 2.76. The number of furan rings is 1. The van der Waals surface area contributed by atoms with Gasteiger partial charge in [-0.3, -0.25) is 0 Å². The summed E-state index contributed by atoms with van der Waals surface area (Å²) >= 11 is 0. The monoisotopic (exact) mass is 245 g/mol. The Morgan fingerprint density at radius 3 is 2.72 bits per heavy atom. The summed E-state index contributed by atoms with van der Waals surface area (Å²) in [5.41, 5.74) is 3.56. The second-order valence-electron chi connectivity index (χ2n) is 4.28. The van der Waals surface area contributed by atoms with Crippen LogP contribution in [0.3, 0.4) is 0 Å². The number of aromatic carboxylic acids is 1. The first-order valence-electron chi connectivity index (χ1n) is 5.68. The molecule has 2 N–H and O–H groups in total. The van der Waals surface area contributed by atoms with E-state index in [1.165, 1.54) is 17.9 Å². The van der Waals surface area contributed by atoms with Gasteiger partial charge in [-0.25, -0.2) is 4.79 Å². The zero-order valence-corrected chi connectivity index (χ0v) is 10.4. The van der Waals surface area contributed by atoms with Gasteiger partial charge in [-0.1, -0.05) is 17.7 Å². The number of carbonyl (C=O) groups is 1. The lowest BCUT2D eigenvalue weighted by molar-refractivity contribution is 0.0696. The standard InChI is InChI=1S/C14H15NO3/c1-9-3-4-13(10(2)5-9)15-7-12-6-11(8-18-12)14(16)17/h3-6,8,15H,7H2,1-2H3,(H,16,17). The Bertz CT molecular complexity index is 572. The third-order valence-electron chi connectivity index (χ3n) is 2.74. The normalized spacial score (nSPS) is 10.3. The molecule has 0 radical (unpaired) electrons. The van der Waals surface area contributed by atoms with Crippen molar-refractivity contribution in [2.75, 3.05) is 5.32 Å². The van der Waals surface area contributed by atoms with Crippen molar-refractivity contribution in [1.29, 1.82) is 0 Å². The third kappa shape index (κ3) is 2.71. The van der Waals surface area contributed by atoms with Crippen molar-refractivity contribution in [3.63, 3.8) is 0 Å². The molecule has 0 unspecified atom stereocenters. The maximum Gasteiger partial charge on any atom is 0.338 e. The Kier molecular flexibility index (Phi) is 3.37. The summed E-state index contributed by atoms with van der Waals surface area (Å²) in [5, 5.41) is 12.0. The van der Waals surface area contributed by atoms with Gasteiger partial charge in [0, 0.05) is 5.69 Å². The van der Waals surface area contributed by atoms with Crippen LogP contribution in [-0.2, 0) is 6.54 Å². The van der Waals surface area contributed by atoms with Crippen molar-refractivity contribution in [3.05, 3.63) is 53.0 Å². The van der Waals surface area contributed by atoms with Crippen LogP contribution in [0, 0.1) is 13.8 Å². The van der Waals surface area contributed by atoms with Gasteiger partial charge in [-0.05, 0) is 31.5 Å². The number of anilines is 1. The maximum atomic E-state index is 10.7. The molecule has 94 valence electrons. The Morgan fingerprint density at radius 1 is 1.33 bits per heavy atom. The number of carboxylic acid groups (broad SMARTS) is 1. The molecule has 0 aliphatic rings. The summed E-state index contributed by atoms with van der Waals surface area (Å²) in [5.74, 6) is -0.371. The minimum atomic E-state index is -0.975. The van der Waals surface area contributed by atoms with E-state index in [0.717, 1.165) is 11.3 Å². The summed E-state index contributed by atoms with van der Waals surface area (Å²) in [6, 6.07) is 7.65. The van der Waals surface area contributed by atoms with E-state index in [1.54, 1.807) is 0 Å². The fourth-order valence-corrected chi connectivity index (χ4v) is 1.78. The molecule has 0 atom stereocenters. The first-order valence-corrected chi connectivity index (χ1v) is 5.68. The number of aryl methyl sites for hydroxylation is 2. The van der Waals surface area contributed by atoms with Crippen LogP contribution in [-0.4, -0.2) is 11.1 Å². The number of hydrogen-bond acceptors (Lipinski definition) is 3. The summed E-state index contributed by atoms with van der Waals surface area (Å²) in [4.78, 5) is 10.7. The Balaban J connectivity index is 2.04. The van der Waals surface area contributed by atoms with Gasteiger partial charge in [0.25, 0.3) is 0 Å². The highest BCUT2D eigenvalue weighted by atomic mass is 16.4. The van der Waals surface area contributed by atoms with Gasteiger partial charge < -0.3 is 14.8 Å². The summed E-state index contributed by atoms with van der Waals surface area (Å²) in [6.45, 7) is 4.54. The van der Waals surface area contributed by atoms with Crippen LogP contribution in [0.4, 0.5) is 5.69 Å². The van der Waals surface area contributed by atoms with Crippen LogP contribution < -0.4 is 5.32 Å². The maximum absolute atomic E-state index is 10.7. The van der Waals surface area contributed by atoms with Gasteiger partial charge in [0.05, 0.1) is 12.1 Å². The fraction of sp³-hybridized carbons (Fsp3) is 0.214. The quantitative estimate of drug-likeness (QED) is 0.868. The minimum Gasteiger partial charge on any atom is -0.478 e. The second-order valence-corrected chi connectivity index (χ2v) is 4.28. The largest absolute Gasteiger partial charge is 0.478 e. The highest BCUT2D eigenvalue weighted by molar-refractivity contribution is 5.87. The van der Waals surface area contributed by atoms with Gasteiger partial charge in [0.1, 0.15) is 12.0 Å². The number of rotatable bonds is 4. The number of carboxylic acids is 1. The molecule has 0 saturated heterocycles. The molecule has 2 aromatic rings. The lowest BCUT2D eigenvalue weighted by atomic mass is 10.1. The predicted octanol–water partition coefficient (Wildman–Crippen LogP) is 3.21. The topological polar surface area (TPSA) is 62.5 Å². The Morgan fingerprint density at radius 2 is 2.11 bits per heavy atom. The summed E-state index contributed by atoms with van der Waals surface area (Å²) in [7, 11) is 0. The molecule has 18 heavy (non-hydrogen) atoms. The molecule has 1 heterocycles. The van der Waals surface area contributed by atoms with E-state index in [1.807, 2.05) is 26.0 Å². The predicted molar refractivity (Wildman–Crippen MR) is 68.9 cm³/mol.